The number of aromatic nitrogens is 2. The maximum Gasteiger partial charge on any atom is 0.490 e. The Bertz CT molecular complexity index is 1250. The molecule has 0 saturated carbocycles. The Morgan fingerprint density at radius 3 is 2.35 bits per heavy atom. The van der Waals surface area contributed by atoms with Crippen molar-refractivity contribution in [2.45, 2.75) is 38.3 Å². The van der Waals surface area contributed by atoms with Gasteiger partial charge in [0.25, 0.3) is 0 Å². The number of aliphatic hydroxyl groups excluding tert-OH is 2. The second-order valence-electron chi connectivity index (χ2n) is 7.34. The number of nitrogens with zero attached hydrogens (tertiary/aromatic N) is 1. The molecule has 1 saturated heterocycles. The highest BCUT2D eigenvalue weighted by Gasteiger charge is 2.46. The largest absolute Gasteiger partial charge is 0.490 e. The van der Waals surface area contributed by atoms with Crippen molar-refractivity contribution < 1.29 is 61.4 Å². The Labute approximate surface area is 197 Å². The number of aliphatic hydroxyl groups is 2. The number of rotatable bonds is 8. The molecule has 0 radical (unpaired) electrons. The van der Waals surface area contributed by atoms with Crippen molar-refractivity contribution in [1.29, 1.82) is 0 Å². The lowest BCUT2D eigenvalue weighted by Crippen LogP contribution is -2.33. The molecule has 3 rings (SSSR count). The summed E-state index contributed by atoms with van der Waals surface area (Å²) >= 11 is 5.27. The van der Waals surface area contributed by atoms with Crippen LogP contribution in [-0.2, 0) is 31.6 Å². The summed E-state index contributed by atoms with van der Waals surface area (Å²) in [6, 6.07) is 1.63. The molecule has 0 bridgehead atoms. The van der Waals surface area contributed by atoms with Crippen LogP contribution in [0.2, 0.25) is 0 Å². The van der Waals surface area contributed by atoms with Crippen molar-refractivity contribution in [3.63, 3.8) is 0 Å². The number of aromatic amines is 1. The minimum absolute atomic E-state index is 0.0665. The summed E-state index contributed by atoms with van der Waals surface area (Å²) in [6.45, 7) is 2.79. The molecule has 15 nitrogen and oxygen atoms in total. The fourth-order valence-corrected chi connectivity index (χ4v) is 6.52. The van der Waals surface area contributed by atoms with Gasteiger partial charge in [-0.05, 0) is 31.0 Å². The summed E-state index contributed by atoms with van der Waals surface area (Å²) in [4.78, 5) is 43.1. The van der Waals surface area contributed by atoms with E-state index in [1.54, 1.807) is 12.3 Å². The summed E-state index contributed by atoms with van der Waals surface area (Å²) in [5.41, 5.74) is 2.76. The molecule has 1 fully saturated rings. The first-order valence-corrected chi connectivity index (χ1v) is 14.2. The van der Waals surface area contributed by atoms with Crippen molar-refractivity contribution >= 4 is 35.7 Å². The van der Waals surface area contributed by atoms with E-state index in [0.717, 1.165) is 11.1 Å². The van der Waals surface area contributed by atoms with Crippen LogP contribution in [0, 0.1) is 18.5 Å². The van der Waals surface area contributed by atoms with Crippen molar-refractivity contribution in [1.82, 2.24) is 9.97 Å². The van der Waals surface area contributed by atoms with E-state index < -0.39 is 54.5 Å². The predicted molar refractivity (Wildman–Crippen MR) is 115 cm³/mol. The van der Waals surface area contributed by atoms with Gasteiger partial charge >= 0.3 is 23.5 Å². The van der Waals surface area contributed by atoms with Gasteiger partial charge < -0.3 is 39.5 Å². The van der Waals surface area contributed by atoms with E-state index in [0.29, 0.717) is 11.4 Å². The Morgan fingerprint density at radius 1 is 1.09 bits per heavy atom. The monoisotopic (exact) mass is 562 g/mol. The average Bonchev–Trinajstić information content (AvgIpc) is 2.95. The number of phosphoric acid groups is 3. The van der Waals surface area contributed by atoms with Crippen LogP contribution in [-0.4, -0.2) is 64.7 Å². The van der Waals surface area contributed by atoms with Crippen molar-refractivity contribution in [3.05, 3.63) is 33.6 Å². The molecule has 0 spiro atoms. The molecule has 190 valence electrons. The standard InChI is InChI=1S/C15H21N2O13P3S/c1-6-4-16-14-8(7(6)2)3-9(15(34)17-14)13-12(19)11(18)10(28-13)5-27-32(23,24)30-33(25,26)29-31(20,21)22/h3-4,10-13,18-19H,5H2,1-2H3,(H,23,24)(H,25,26)(H,16,17,34)(H2,20,21,22)/t10-,11+,12?,13+/m1/s1. The van der Waals surface area contributed by atoms with Crippen LogP contribution < -0.4 is 0 Å². The van der Waals surface area contributed by atoms with Gasteiger partial charge in [-0.1, -0.05) is 12.2 Å². The fourth-order valence-electron chi connectivity index (χ4n) is 3.22. The van der Waals surface area contributed by atoms with Gasteiger partial charge in [0.15, 0.2) is 0 Å². The number of aryl methyl sites for hydroxylation is 1. The van der Waals surface area contributed by atoms with Gasteiger partial charge in [0, 0.05) is 17.3 Å². The summed E-state index contributed by atoms with van der Waals surface area (Å²) in [6.07, 6.45) is -4.08. The van der Waals surface area contributed by atoms with E-state index in [9.17, 15) is 33.7 Å². The molecule has 34 heavy (non-hydrogen) atoms. The highest BCUT2D eigenvalue weighted by molar-refractivity contribution is 7.71. The van der Waals surface area contributed by atoms with E-state index in [2.05, 4.69) is 23.1 Å². The van der Waals surface area contributed by atoms with E-state index in [-0.39, 0.29) is 10.2 Å². The minimum Gasteiger partial charge on any atom is -0.387 e. The molecule has 0 aromatic heterocycles. The number of nitrogens with one attached hydrogen (secondary N) is 1. The van der Waals surface area contributed by atoms with E-state index in [4.69, 9.17) is 26.7 Å². The lowest BCUT2D eigenvalue weighted by molar-refractivity contribution is -0.0224. The van der Waals surface area contributed by atoms with Crippen LogP contribution >= 0.6 is 35.7 Å². The molecule has 0 amide bonds. The summed E-state index contributed by atoms with van der Waals surface area (Å²) in [7, 11) is -16.7. The first-order chi connectivity index (χ1) is 15.5. The molecule has 19 heteroatoms. The van der Waals surface area contributed by atoms with Gasteiger partial charge in [-0.3, -0.25) is 4.52 Å². The number of fused-ring (bicyclic) bond motifs is 1. The van der Waals surface area contributed by atoms with Gasteiger partial charge in [-0.25, -0.2) is 18.7 Å². The first-order valence-electron chi connectivity index (χ1n) is 9.29. The topological polar surface area (TPSA) is 238 Å². The summed E-state index contributed by atoms with van der Waals surface area (Å²) in [5, 5.41) is 20.8. The molecule has 3 aliphatic heterocycles. The molecule has 0 aromatic rings. The fraction of sp³-hybridized carbons (Fsp3) is 0.467. The first kappa shape index (κ1) is 27.7. The van der Waals surface area contributed by atoms with Crippen LogP contribution in [0.3, 0.4) is 0 Å². The maximum atomic E-state index is 11.9. The Morgan fingerprint density at radius 2 is 1.74 bits per heavy atom. The summed E-state index contributed by atoms with van der Waals surface area (Å²) in [5.74, 6) is 0.495. The smallest absolute Gasteiger partial charge is 0.387 e. The lowest BCUT2D eigenvalue weighted by atomic mass is 9.98. The molecule has 3 aliphatic rings. The van der Waals surface area contributed by atoms with Crippen molar-refractivity contribution in [2.75, 3.05) is 6.61 Å². The minimum atomic E-state index is -5.70. The number of hydrogen-bond donors (Lipinski definition) is 7. The Hall–Kier alpha value is -0.930. The molecular weight excluding hydrogens is 541 g/mol. The Balaban J connectivity index is 1.77. The highest BCUT2D eigenvalue weighted by Crippen LogP contribution is 2.66. The molecule has 6 atom stereocenters. The third kappa shape index (κ3) is 6.44. The SMILES string of the molecule is Cc1c[nH]c2nc(=S)c([C@@H]3O[C@H](COP(=O)(O)OP(=O)(O)OP(=O)(O)O)[C@H](O)C3O)cc-2c1C. The quantitative estimate of drug-likeness (QED) is 0.178. The van der Waals surface area contributed by atoms with Gasteiger partial charge in [-0.2, -0.15) is 8.62 Å². The zero-order valence-corrected chi connectivity index (χ0v) is 20.9. The number of pyridine rings is 2. The van der Waals surface area contributed by atoms with Crippen LogP contribution in [0.15, 0.2) is 12.3 Å². The Kier molecular flexibility index (Phi) is 8.01. The molecular formula is C15H21N2O13P3S. The van der Waals surface area contributed by atoms with Gasteiger partial charge in [0.05, 0.1) is 6.61 Å². The molecule has 0 aromatic carbocycles. The zero-order chi connectivity index (χ0) is 25.6. The summed E-state index contributed by atoms with van der Waals surface area (Å²) < 4.78 is 51.3. The highest BCUT2D eigenvalue weighted by atomic mass is 32.1. The number of phosphoric ester groups is 1. The maximum absolute atomic E-state index is 11.9. The number of hydrogen-bond acceptors (Lipinski definition) is 11. The zero-order valence-electron chi connectivity index (χ0n) is 17.4. The van der Waals surface area contributed by atoms with Gasteiger partial charge in [0.1, 0.15) is 34.9 Å². The number of H-pyrrole nitrogens is 1. The third-order valence-corrected chi connectivity index (χ3v) is 9.05. The average molecular weight is 562 g/mol. The number of ether oxygens (including phenoxy) is 1. The molecule has 3 heterocycles. The van der Waals surface area contributed by atoms with Crippen LogP contribution in [0.5, 0.6) is 0 Å². The van der Waals surface area contributed by atoms with Gasteiger partial charge in [-0.15, -0.1) is 0 Å². The van der Waals surface area contributed by atoms with Crippen molar-refractivity contribution in [3.8, 4) is 11.4 Å². The van der Waals surface area contributed by atoms with E-state index in [1.165, 1.54) is 0 Å². The molecule has 7 N–H and O–H groups in total. The van der Waals surface area contributed by atoms with Crippen LogP contribution in [0.4, 0.5) is 0 Å². The third-order valence-electron chi connectivity index (χ3n) is 4.92. The van der Waals surface area contributed by atoms with E-state index in [1.807, 2.05) is 13.8 Å². The second-order valence-corrected chi connectivity index (χ2v) is 12.1. The molecule has 3 unspecified atom stereocenters. The van der Waals surface area contributed by atoms with Crippen LogP contribution in [0.25, 0.3) is 11.4 Å². The van der Waals surface area contributed by atoms with E-state index >= 15 is 0 Å². The molecule has 0 aliphatic carbocycles. The van der Waals surface area contributed by atoms with Crippen molar-refractivity contribution in [2.24, 2.45) is 0 Å². The second kappa shape index (κ2) is 9.85. The lowest BCUT2D eigenvalue weighted by Gasteiger charge is -2.19. The van der Waals surface area contributed by atoms with Crippen LogP contribution in [0.1, 0.15) is 22.8 Å². The predicted octanol–water partition coefficient (Wildman–Crippen LogP) is 1.37. The normalized spacial score (nSPS) is 26.9. The van der Waals surface area contributed by atoms with Gasteiger partial charge in [0.2, 0.25) is 0 Å².